The summed E-state index contributed by atoms with van der Waals surface area (Å²) in [6.45, 7) is 9.69. The van der Waals surface area contributed by atoms with Crippen molar-refractivity contribution in [1.29, 1.82) is 0 Å². The lowest BCUT2D eigenvalue weighted by Crippen LogP contribution is -2.47. The van der Waals surface area contributed by atoms with Gasteiger partial charge in [0, 0.05) is 12.1 Å². The van der Waals surface area contributed by atoms with E-state index in [0.29, 0.717) is 6.54 Å². The van der Waals surface area contributed by atoms with E-state index in [-0.39, 0.29) is 11.6 Å². The van der Waals surface area contributed by atoms with Crippen LogP contribution in [0.5, 0.6) is 0 Å². The van der Waals surface area contributed by atoms with E-state index in [1.807, 2.05) is 13.8 Å². The van der Waals surface area contributed by atoms with Crippen LogP contribution in [0.25, 0.3) is 0 Å². The summed E-state index contributed by atoms with van der Waals surface area (Å²) in [4.78, 5) is 4.36. The minimum absolute atomic E-state index is 0.0380. The molecular weight excluding hydrogens is 204 g/mol. The summed E-state index contributed by atoms with van der Waals surface area (Å²) < 4.78 is 11.1. The zero-order chi connectivity index (χ0) is 11.8. The molecule has 1 aromatic heterocycles. The normalized spacial score (nSPS) is 29.9. The zero-order valence-corrected chi connectivity index (χ0v) is 10.5. The Kier molecular flexibility index (Phi) is 3.04. The Balaban J connectivity index is 1.96. The van der Waals surface area contributed by atoms with Gasteiger partial charge in [0.25, 0.3) is 0 Å². The summed E-state index contributed by atoms with van der Waals surface area (Å²) in [6, 6.07) is 0. The molecule has 0 saturated carbocycles. The molecule has 2 heterocycles. The molecule has 1 N–H and O–H groups in total. The number of ether oxygens (including phenoxy) is 1. The van der Waals surface area contributed by atoms with Crippen molar-refractivity contribution >= 4 is 0 Å². The van der Waals surface area contributed by atoms with Gasteiger partial charge >= 0.3 is 0 Å². The van der Waals surface area contributed by atoms with Gasteiger partial charge in [0.2, 0.25) is 5.89 Å². The number of rotatable bonds is 3. The summed E-state index contributed by atoms with van der Waals surface area (Å²) in [5, 5.41) is 3.48. The Morgan fingerprint density at radius 3 is 2.75 bits per heavy atom. The molecular formula is C12H20N2O2. The average Bonchev–Trinajstić information content (AvgIpc) is 2.71. The third-order valence-electron chi connectivity index (χ3n) is 3.60. The van der Waals surface area contributed by atoms with Gasteiger partial charge in [-0.05, 0) is 34.1 Å². The van der Waals surface area contributed by atoms with E-state index in [9.17, 15) is 0 Å². The Morgan fingerprint density at radius 1 is 1.50 bits per heavy atom. The first kappa shape index (κ1) is 11.6. The predicted octanol–water partition coefficient (Wildman–Crippen LogP) is 1.95. The number of aryl methyl sites for hydroxylation is 2. The van der Waals surface area contributed by atoms with Gasteiger partial charge < -0.3 is 14.5 Å². The molecule has 16 heavy (non-hydrogen) atoms. The van der Waals surface area contributed by atoms with Crippen LogP contribution in [0.2, 0.25) is 0 Å². The molecule has 0 amide bonds. The van der Waals surface area contributed by atoms with Gasteiger partial charge in [-0.3, -0.25) is 0 Å². The van der Waals surface area contributed by atoms with Gasteiger partial charge in [0.1, 0.15) is 5.76 Å². The van der Waals surface area contributed by atoms with E-state index < -0.39 is 0 Å². The molecule has 2 atom stereocenters. The van der Waals surface area contributed by atoms with Crippen molar-refractivity contribution < 1.29 is 9.15 Å². The number of nitrogens with one attached hydrogen (secondary N) is 1. The van der Waals surface area contributed by atoms with Crippen LogP contribution in [-0.4, -0.2) is 23.2 Å². The lowest BCUT2D eigenvalue weighted by molar-refractivity contribution is 0.0872. The summed E-state index contributed by atoms with van der Waals surface area (Å²) in [7, 11) is 0. The van der Waals surface area contributed by atoms with Crippen molar-refractivity contribution in [2.45, 2.75) is 52.3 Å². The second kappa shape index (κ2) is 4.18. The Morgan fingerprint density at radius 2 is 2.25 bits per heavy atom. The summed E-state index contributed by atoms with van der Waals surface area (Å²) >= 11 is 0. The molecule has 1 aromatic rings. The van der Waals surface area contributed by atoms with Gasteiger partial charge in [0.05, 0.1) is 18.3 Å². The smallest absolute Gasteiger partial charge is 0.208 e. The maximum Gasteiger partial charge on any atom is 0.208 e. The minimum atomic E-state index is 0.0380. The summed E-state index contributed by atoms with van der Waals surface area (Å²) in [5.41, 5.74) is 1.01. The fourth-order valence-electron chi connectivity index (χ4n) is 1.96. The van der Waals surface area contributed by atoms with Crippen LogP contribution in [0.4, 0.5) is 0 Å². The Hall–Kier alpha value is -0.870. The third-order valence-corrected chi connectivity index (χ3v) is 3.60. The molecule has 1 fully saturated rings. The fourth-order valence-corrected chi connectivity index (χ4v) is 1.96. The van der Waals surface area contributed by atoms with E-state index in [2.05, 4.69) is 24.1 Å². The molecule has 4 nitrogen and oxygen atoms in total. The topological polar surface area (TPSA) is 47.3 Å². The van der Waals surface area contributed by atoms with Gasteiger partial charge in [-0.25, -0.2) is 4.98 Å². The highest BCUT2D eigenvalue weighted by Gasteiger charge is 2.36. The molecule has 0 spiro atoms. The maximum atomic E-state index is 5.57. The molecule has 2 rings (SSSR count). The standard InChI is InChI=1S/C12H20N2O2/c1-8-9(2)16-11(14-8)7-13-12(4)5-6-15-10(12)3/h10,13H,5-7H2,1-4H3. The first-order valence-corrected chi connectivity index (χ1v) is 5.81. The highest BCUT2D eigenvalue weighted by Crippen LogP contribution is 2.25. The van der Waals surface area contributed by atoms with Crippen molar-refractivity contribution in [3.05, 3.63) is 17.3 Å². The second-order valence-corrected chi connectivity index (χ2v) is 4.78. The molecule has 2 unspecified atom stereocenters. The SMILES string of the molecule is Cc1nc(CNC2(C)CCOC2C)oc1C. The quantitative estimate of drug-likeness (QED) is 0.852. The van der Waals surface area contributed by atoms with Crippen molar-refractivity contribution in [3.8, 4) is 0 Å². The zero-order valence-electron chi connectivity index (χ0n) is 10.5. The van der Waals surface area contributed by atoms with Crippen LogP contribution in [0.15, 0.2) is 4.42 Å². The van der Waals surface area contributed by atoms with Gasteiger partial charge in [-0.2, -0.15) is 0 Å². The average molecular weight is 224 g/mol. The maximum absolute atomic E-state index is 5.57. The first-order valence-electron chi connectivity index (χ1n) is 5.81. The number of oxazole rings is 1. The fraction of sp³-hybridized carbons (Fsp3) is 0.750. The van der Waals surface area contributed by atoms with Gasteiger partial charge in [-0.15, -0.1) is 0 Å². The van der Waals surface area contributed by atoms with Gasteiger partial charge in [-0.1, -0.05) is 0 Å². The molecule has 0 aliphatic carbocycles. The molecule has 90 valence electrons. The minimum Gasteiger partial charge on any atom is -0.444 e. The van der Waals surface area contributed by atoms with Gasteiger partial charge in [0.15, 0.2) is 0 Å². The Bertz CT molecular complexity index is 356. The second-order valence-electron chi connectivity index (χ2n) is 4.78. The van der Waals surface area contributed by atoms with Crippen LogP contribution >= 0.6 is 0 Å². The number of nitrogens with zero attached hydrogens (tertiary/aromatic N) is 1. The van der Waals surface area contributed by atoms with Crippen molar-refractivity contribution in [2.75, 3.05) is 6.61 Å². The van der Waals surface area contributed by atoms with E-state index in [0.717, 1.165) is 30.4 Å². The lowest BCUT2D eigenvalue weighted by atomic mass is 9.95. The van der Waals surface area contributed by atoms with E-state index in [4.69, 9.17) is 9.15 Å². The van der Waals surface area contributed by atoms with Crippen LogP contribution in [0, 0.1) is 13.8 Å². The lowest BCUT2D eigenvalue weighted by Gasteiger charge is -2.28. The number of hydrogen-bond donors (Lipinski definition) is 1. The van der Waals surface area contributed by atoms with E-state index in [1.54, 1.807) is 0 Å². The van der Waals surface area contributed by atoms with Crippen LogP contribution in [0.1, 0.15) is 37.6 Å². The molecule has 1 saturated heterocycles. The molecule has 0 aromatic carbocycles. The largest absolute Gasteiger partial charge is 0.444 e. The van der Waals surface area contributed by atoms with Crippen LogP contribution < -0.4 is 5.32 Å². The van der Waals surface area contributed by atoms with Crippen LogP contribution in [0.3, 0.4) is 0 Å². The highest BCUT2D eigenvalue weighted by atomic mass is 16.5. The van der Waals surface area contributed by atoms with E-state index >= 15 is 0 Å². The highest BCUT2D eigenvalue weighted by molar-refractivity contribution is 5.05. The molecule has 0 radical (unpaired) electrons. The molecule has 1 aliphatic heterocycles. The molecule has 4 heteroatoms. The number of hydrogen-bond acceptors (Lipinski definition) is 4. The Labute approximate surface area is 96.4 Å². The predicted molar refractivity (Wildman–Crippen MR) is 61.3 cm³/mol. The summed E-state index contributed by atoms with van der Waals surface area (Å²) in [5.74, 6) is 1.66. The van der Waals surface area contributed by atoms with Crippen LogP contribution in [-0.2, 0) is 11.3 Å². The number of aromatic nitrogens is 1. The van der Waals surface area contributed by atoms with Crippen molar-refractivity contribution in [2.24, 2.45) is 0 Å². The van der Waals surface area contributed by atoms with Crippen molar-refractivity contribution in [1.82, 2.24) is 10.3 Å². The summed E-state index contributed by atoms with van der Waals surface area (Å²) in [6.07, 6.45) is 1.27. The monoisotopic (exact) mass is 224 g/mol. The van der Waals surface area contributed by atoms with E-state index in [1.165, 1.54) is 0 Å². The molecule has 1 aliphatic rings. The third kappa shape index (κ3) is 2.13. The molecule has 0 bridgehead atoms. The van der Waals surface area contributed by atoms with Crippen molar-refractivity contribution in [3.63, 3.8) is 0 Å². The first-order chi connectivity index (χ1) is 7.51.